The van der Waals surface area contributed by atoms with Crippen LogP contribution in [0.1, 0.15) is 45.4 Å². The van der Waals surface area contributed by atoms with Crippen molar-refractivity contribution in [3.63, 3.8) is 0 Å². The zero-order valence-electron chi connectivity index (χ0n) is 22.0. The Morgan fingerprint density at radius 2 is 1.36 bits per heavy atom. The second-order valence-electron chi connectivity index (χ2n) is 8.94. The van der Waals surface area contributed by atoms with Crippen LogP contribution in [0.5, 0.6) is 5.75 Å². The van der Waals surface area contributed by atoms with Crippen molar-refractivity contribution in [2.75, 3.05) is 13.7 Å². The molecule has 5 nitrogen and oxygen atoms in total. The molecule has 0 amide bonds. The van der Waals surface area contributed by atoms with E-state index in [1.807, 2.05) is 48.7 Å². The van der Waals surface area contributed by atoms with Crippen LogP contribution in [0, 0.1) is 0 Å². The lowest BCUT2D eigenvalue weighted by Gasteiger charge is -2.38. The molecule has 5 aromatic rings. The molecule has 194 valence electrons. The summed E-state index contributed by atoms with van der Waals surface area (Å²) < 4.78 is 13.0. The van der Waals surface area contributed by atoms with Gasteiger partial charge in [-0.05, 0) is 41.3 Å². The first-order valence-electron chi connectivity index (χ1n) is 12.9. The first kappa shape index (κ1) is 25.7. The van der Waals surface area contributed by atoms with Crippen LogP contribution in [0.3, 0.4) is 0 Å². The SMILES string of the molecule is CCOC(=O)c1c(/C=C/c2nccn2C(c2ccccc2)(c2ccccc2)c2ccccc2)cccc1OC. The Kier molecular flexibility index (Phi) is 7.69. The van der Waals surface area contributed by atoms with Crippen molar-refractivity contribution < 1.29 is 14.3 Å². The van der Waals surface area contributed by atoms with Crippen molar-refractivity contribution in [2.24, 2.45) is 0 Å². The first-order chi connectivity index (χ1) is 19.2. The molecule has 1 aromatic heterocycles. The number of esters is 1. The van der Waals surface area contributed by atoms with Crippen LogP contribution in [0.2, 0.25) is 0 Å². The lowest BCUT2D eigenvalue weighted by Crippen LogP contribution is -2.38. The molecule has 5 rings (SSSR count). The number of ether oxygens (including phenoxy) is 2. The van der Waals surface area contributed by atoms with Crippen LogP contribution in [0.4, 0.5) is 0 Å². The predicted octanol–water partition coefficient (Wildman–Crippen LogP) is 7.08. The van der Waals surface area contributed by atoms with Crippen molar-refractivity contribution in [1.82, 2.24) is 9.55 Å². The number of aromatic nitrogens is 2. The van der Waals surface area contributed by atoms with E-state index in [1.54, 1.807) is 26.3 Å². The van der Waals surface area contributed by atoms with Gasteiger partial charge < -0.3 is 14.0 Å². The first-order valence-corrected chi connectivity index (χ1v) is 12.9. The monoisotopic (exact) mass is 514 g/mol. The van der Waals surface area contributed by atoms with E-state index >= 15 is 0 Å². The highest BCUT2D eigenvalue weighted by molar-refractivity contribution is 5.97. The van der Waals surface area contributed by atoms with E-state index in [1.165, 1.54) is 0 Å². The van der Waals surface area contributed by atoms with Gasteiger partial charge in [0, 0.05) is 12.4 Å². The van der Waals surface area contributed by atoms with Crippen LogP contribution < -0.4 is 4.74 Å². The summed E-state index contributed by atoms with van der Waals surface area (Å²) in [5.74, 6) is 0.764. The third-order valence-corrected chi connectivity index (χ3v) is 6.78. The lowest BCUT2D eigenvalue weighted by molar-refractivity contribution is 0.0522. The predicted molar refractivity (Wildman–Crippen MR) is 155 cm³/mol. The Labute approximate surface area is 229 Å². The average Bonchev–Trinajstić information content (AvgIpc) is 3.47. The van der Waals surface area contributed by atoms with E-state index in [0.29, 0.717) is 16.9 Å². The van der Waals surface area contributed by atoms with E-state index in [2.05, 4.69) is 77.4 Å². The zero-order valence-corrected chi connectivity index (χ0v) is 22.0. The van der Waals surface area contributed by atoms with Crippen molar-refractivity contribution >= 4 is 18.1 Å². The molecular formula is C34H30N2O3. The molecule has 0 unspecified atom stereocenters. The van der Waals surface area contributed by atoms with Gasteiger partial charge in [-0.25, -0.2) is 9.78 Å². The summed E-state index contributed by atoms with van der Waals surface area (Å²) in [6.07, 6.45) is 7.63. The van der Waals surface area contributed by atoms with Gasteiger partial charge in [0.1, 0.15) is 22.7 Å². The second kappa shape index (κ2) is 11.7. The van der Waals surface area contributed by atoms with Crippen LogP contribution >= 0.6 is 0 Å². The molecule has 0 aliphatic carbocycles. The third kappa shape index (κ3) is 4.87. The highest BCUT2D eigenvalue weighted by atomic mass is 16.5. The van der Waals surface area contributed by atoms with E-state index in [4.69, 9.17) is 14.5 Å². The Balaban J connectivity index is 1.73. The van der Waals surface area contributed by atoms with Gasteiger partial charge in [-0.15, -0.1) is 0 Å². The molecular weight excluding hydrogens is 484 g/mol. The van der Waals surface area contributed by atoms with Crippen LogP contribution in [0.15, 0.2) is 122 Å². The van der Waals surface area contributed by atoms with Gasteiger partial charge in [0.25, 0.3) is 0 Å². The molecule has 0 saturated carbocycles. The summed E-state index contributed by atoms with van der Waals surface area (Å²) in [4.78, 5) is 17.6. The van der Waals surface area contributed by atoms with Crippen molar-refractivity contribution in [3.05, 3.63) is 155 Å². The van der Waals surface area contributed by atoms with Crippen molar-refractivity contribution in [3.8, 4) is 5.75 Å². The Bertz CT molecular complexity index is 1460. The fourth-order valence-corrected chi connectivity index (χ4v) is 5.12. The molecule has 0 bridgehead atoms. The molecule has 39 heavy (non-hydrogen) atoms. The molecule has 0 spiro atoms. The summed E-state index contributed by atoms with van der Waals surface area (Å²) in [5, 5.41) is 0. The normalized spacial score (nSPS) is 11.4. The molecule has 1 heterocycles. The summed E-state index contributed by atoms with van der Waals surface area (Å²) in [5.41, 5.74) is 3.68. The quantitative estimate of drug-likeness (QED) is 0.156. The lowest BCUT2D eigenvalue weighted by atomic mass is 9.76. The third-order valence-electron chi connectivity index (χ3n) is 6.78. The number of carbonyl (C=O) groups is 1. The molecule has 0 fully saturated rings. The molecule has 0 aliphatic heterocycles. The van der Waals surface area contributed by atoms with Gasteiger partial charge in [-0.1, -0.05) is 109 Å². The molecule has 5 heteroatoms. The molecule has 0 saturated heterocycles. The van der Waals surface area contributed by atoms with E-state index < -0.39 is 11.5 Å². The molecule has 0 atom stereocenters. The highest BCUT2D eigenvalue weighted by Crippen LogP contribution is 2.41. The number of hydrogen-bond acceptors (Lipinski definition) is 4. The van der Waals surface area contributed by atoms with Crippen LogP contribution in [-0.2, 0) is 10.3 Å². The van der Waals surface area contributed by atoms with Gasteiger partial charge in [0.2, 0.25) is 0 Å². The smallest absolute Gasteiger partial charge is 0.342 e. The van der Waals surface area contributed by atoms with Gasteiger partial charge in [0.15, 0.2) is 0 Å². The summed E-state index contributed by atoms with van der Waals surface area (Å²) in [7, 11) is 1.55. The number of benzene rings is 4. The number of rotatable bonds is 9. The topological polar surface area (TPSA) is 53.3 Å². The minimum absolute atomic E-state index is 0.276. The molecule has 0 radical (unpaired) electrons. The number of nitrogens with zero attached hydrogens (tertiary/aromatic N) is 2. The number of carbonyl (C=O) groups excluding carboxylic acids is 1. The van der Waals surface area contributed by atoms with Crippen molar-refractivity contribution in [1.29, 1.82) is 0 Å². The fourth-order valence-electron chi connectivity index (χ4n) is 5.12. The van der Waals surface area contributed by atoms with E-state index in [0.717, 1.165) is 22.5 Å². The second-order valence-corrected chi connectivity index (χ2v) is 8.94. The maximum Gasteiger partial charge on any atom is 0.342 e. The standard InChI is InChI=1S/C34H30N2O3/c1-3-39-33(37)32-26(14-13-21-30(32)38-2)22-23-31-35-24-25-36(31)34(27-15-7-4-8-16-27,28-17-9-5-10-18-28)29-19-11-6-12-20-29/h4-25H,3H2,1-2H3/b23-22+. The highest BCUT2D eigenvalue weighted by Gasteiger charge is 2.39. The Morgan fingerprint density at radius 1 is 0.795 bits per heavy atom. The minimum atomic E-state index is -0.696. The van der Waals surface area contributed by atoms with Crippen molar-refractivity contribution in [2.45, 2.75) is 12.5 Å². The molecule has 4 aromatic carbocycles. The fraction of sp³-hybridized carbons (Fsp3) is 0.118. The van der Waals surface area contributed by atoms with Gasteiger partial charge in [-0.2, -0.15) is 0 Å². The summed E-state index contributed by atoms with van der Waals surface area (Å²) in [6.45, 7) is 2.06. The largest absolute Gasteiger partial charge is 0.496 e. The van der Waals surface area contributed by atoms with E-state index in [9.17, 15) is 4.79 Å². The maximum atomic E-state index is 12.8. The zero-order chi connectivity index (χ0) is 27.1. The maximum absolute atomic E-state index is 12.8. The van der Waals surface area contributed by atoms with Crippen LogP contribution in [-0.4, -0.2) is 29.2 Å². The number of imidazole rings is 1. The number of hydrogen-bond donors (Lipinski definition) is 0. The Morgan fingerprint density at radius 3 is 1.87 bits per heavy atom. The number of methoxy groups -OCH3 is 1. The van der Waals surface area contributed by atoms with Crippen LogP contribution in [0.25, 0.3) is 12.2 Å². The Hall–Kier alpha value is -4.90. The minimum Gasteiger partial charge on any atom is -0.496 e. The van der Waals surface area contributed by atoms with E-state index in [-0.39, 0.29) is 6.61 Å². The average molecular weight is 515 g/mol. The van der Waals surface area contributed by atoms with Gasteiger partial charge >= 0.3 is 5.97 Å². The summed E-state index contributed by atoms with van der Waals surface area (Å²) in [6, 6.07) is 36.8. The molecule has 0 aliphatic rings. The molecule has 0 N–H and O–H groups in total. The van der Waals surface area contributed by atoms with Gasteiger partial charge in [0.05, 0.1) is 13.7 Å². The summed E-state index contributed by atoms with van der Waals surface area (Å²) >= 11 is 0. The van der Waals surface area contributed by atoms with Gasteiger partial charge in [-0.3, -0.25) is 0 Å².